The Kier molecular flexibility index (Phi) is 9.91. The molecule has 7 nitrogen and oxygen atoms in total. The van der Waals surface area contributed by atoms with Crippen molar-refractivity contribution >= 4 is 51.9 Å². The highest BCUT2D eigenvalue weighted by Gasteiger charge is 2.16. The number of hydrogen-bond acceptors (Lipinski definition) is 5. The molecule has 0 bridgehead atoms. The van der Waals surface area contributed by atoms with Gasteiger partial charge in [0.05, 0.1) is 10.2 Å². The smallest absolute Gasteiger partial charge is 0.266 e. The zero-order chi connectivity index (χ0) is 27.8. The van der Waals surface area contributed by atoms with E-state index in [9.17, 15) is 14.9 Å². The van der Waals surface area contributed by atoms with E-state index in [4.69, 9.17) is 9.47 Å². The summed E-state index contributed by atoms with van der Waals surface area (Å²) in [5, 5.41) is 15.3. The fraction of sp³-hybridized carbons (Fsp3) is 0.233. The molecule has 0 aliphatic heterocycles. The number of ether oxygens (including phenoxy) is 2. The average Bonchev–Trinajstić information content (AvgIpc) is 2.86. The molecular formula is C30H30IN3O4. The molecule has 0 aliphatic carbocycles. The summed E-state index contributed by atoms with van der Waals surface area (Å²) < 4.78 is 12.3. The summed E-state index contributed by atoms with van der Waals surface area (Å²) in [5.74, 6) is 0.0304. The van der Waals surface area contributed by atoms with Crippen molar-refractivity contribution in [3.05, 3.63) is 85.5 Å². The van der Waals surface area contributed by atoms with E-state index >= 15 is 0 Å². The normalized spacial score (nSPS) is 10.9. The second-order valence-electron chi connectivity index (χ2n) is 8.86. The van der Waals surface area contributed by atoms with Gasteiger partial charge in [-0.25, -0.2) is 0 Å². The van der Waals surface area contributed by atoms with Crippen molar-refractivity contribution in [2.75, 3.05) is 23.8 Å². The molecule has 3 rings (SSSR count). The third kappa shape index (κ3) is 7.59. The summed E-state index contributed by atoms with van der Waals surface area (Å²) in [5.41, 5.74) is 5.92. The van der Waals surface area contributed by atoms with Crippen molar-refractivity contribution in [2.24, 2.45) is 0 Å². The molecule has 0 heterocycles. The minimum absolute atomic E-state index is 0.0511. The molecule has 2 N–H and O–H groups in total. The topological polar surface area (TPSA) is 100 Å². The molecule has 0 aromatic heterocycles. The number of halogens is 1. The summed E-state index contributed by atoms with van der Waals surface area (Å²) >= 11 is 2.08. The van der Waals surface area contributed by atoms with Crippen LogP contribution in [0.3, 0.4) is 0 Å². The molecular weight excluding hydrogens is 593 g/mol. The van der Waals surface area contributed by atoms with Crippen LogP contribution in [-0.2, 0) is 9.59 Å². The third-order valence-electron chi connectivity index (χ3n) is 5.65. The van der Waals surface area contributed by atoms with Crippen molar-refractivity contribution in [3.63, 3.8) is 0 Å². The number of hydrogen-bond donors (Lipinski definition) is 2. The van der Waals surface area contributed by atoms with Gasteiger partial charge in [0.1, 0.15) is 11.6 Å². The first-order chi connectivity index (χ1) is 18.1. The molecule has 3 aromatic carbocycles. The van der Waals surface area contributed by atoms with Crippen molar-refractivity contribution < 1.29 is 19.1 Å². The Morgan fingerprint density at radius 2 is 1.63 bits per heavy atom. The van der Waals surface area contributed by atoms with Crippen molar-refractivity contribution in [1.29, 1.82) is 5.26 Å². The van der Waals surface area contributed by atoms with E-state index in [1.54, 1.807) is 12.1 Å². The lowest BCUT2D eigenvalue weighted by Gasteiger charge is -2.15. The second kappa shape index (κ2) is 13.1. The second-order valence-corrected chi connectivity index (χ2v) is 10.0. The van der Waals surface area contributed by atoms with Gasteiger partial charge in [0.2, 0.25) is 0 Å². The van der Waals surface area contributed by atoms with Crippen LogP contribution in [0.15, 0.2) is 54.1 Å². The summed E-state index contributed by atoms with van der Waals surface area (Å²) in [7, 11) is 0. The van der Waals surface area contributed by atoms with Gasteiger partial charge in [0, 0.05) is 11.4 Å². The molecule has 196 valence electrons. The SMILES string of the molecule is CCOc1cc(/C=C(\C#N)C(=O)Nc2ccc(C)cc2C)cc(I)c1OCC(=O)Nc1cc(C)ccc1C. The molecule has 2 amide bonds. The molecule has 0 atom stereocenters. The standard InChI is InChI=1S/C30H30IN3O4/c1-6-37-27-15-22(13-23(16-32)30(36)34-25-10-8-18(2)11-21(25)5)14-24(31)29(27)38-17-28(35)33-26-12-19(3)7-9-20(26)4/h7-15H,6,17H2,1-5H3,(H,33,35)(H,34,36)/b23-13+. The molecule has 38 heavy (non-hydrogen) atoms. The number of carbonyl (C=O) groups excluding carboxylic acids is 2. The van der Waals surface area contributed by atoms with Crippen LogP contribution in [0, 0.1) is 42.6 Å². The zero-order valence-corrected chi connectivity index (χ0v) is 24.2. The number of nitriles is 1. The van der Waals surface area contributed by atoms with Crippen LogP contribution < -0.4 is 20.1 Å². The minimum atomic E-state index is -0.504. The molecule has 3 aromatic rings. The van der Waals surface area contributed by atoms with Gasteiger partial charge in [0.15, 0.2) is 18.1 Å². The molecule has 0 aliphatic rings. The highest BCUT2D eigenvalue weighted by Crippen LogP contribution is 2.35. The highest BCUT2D eigenvalue weighted by molar-refractivity contribution is 14.1. The van der Waals surface area contributed by atoms with Crippen LogP contribution in [0.2, 0.25) is 0 Å². The number of anilines is 2. The first-order valence-corrected chi connectivity index (χ1v) is 13.2. The Bertz CT molecular complexity index is 1440. The number of nitrogens with zero attached hydrogens (tertiary/aromatic N) is 1. The number of rotatable bonds is 9. The maximum Gasteiger partial charge on any atom is 0.266 e. The van der Waals surface area contributed by atoms with Gasteiger partial charge < -0.3 is 20.1 Å². The fourth-order valence-electron chi connectivity index (χ4n) is 3.73. The van der Waals surface area contributed by atoms with Gasteiger partial charge in [-0.1, -0.05) is 29.8 Å². The molecule has 0 saturated carbocycles. The fourth-order valence-corrected chi connectivity index (χ4v) is 4.51. The number of aryl methyl sites for hydroxylation is 4. The van der Waals surface area contributed by atoms with Gasteiger partial charge in [0.25, 0.3) is 11.8 Å². The first-order valence-electron chi connectivity index (χ1n) is 12.1. The maximum atomic E-state index is 12.8. The summed E-state index contributed by atoms with van der Waals surface area (Å²) in [6.45, 7) is 9.76. The van der Waals surface area contributed by atoms with Crippen LogP contribution in [0.1, 0.15) is 34.7 Å². The van der Waals surface area contributed by atoms with Gasteiger partial charge in [-0.05, 0) is 110 Å². The third-order valence-corrected chi connectivity index (χ3v) is 6.45. The van der Waals surface area contributed by atoms with E-state index in [1.165, 1.54) is 6.08 Å². The lowest BCUT2D eigenvalue weighted by atomic mass is 10.1. The lowest BCUT2D eigenvalue weighted by Crippen LogP contribution is -2.21. The van der Waals surface area contributed by atoms with Crippen LogP contribution >= 0.6 is 22.6 Å². The Morgan fingerprint density at radius 1 is 0.921 bits per heavy atom. The predicted octanol–water partition coefficient (Wildman–Crippen LogP) is 6.49. The minimum Gasteiger partial charge on any atom is -0.490 e. The number of amides is 2. The van der Waals surface area contributed by atoms with Crippen LogP contribution in [0.4, 0.5) is 11.4 Å². The molecule has 0 spiro atoms. The van der Waals surface area contributed by atoms with Crippen molar-refractivity contribution in [2.45, 2.75) is 34.6 Å². The van der Waals surface area contributed by atoms with Crippen LogP contribution in [0.25, 0.3) is 6.08 Å². The highest BCUT2D eigenvalue weighted by atomic mass is 127. The van der Waals surface area contributed by atoms with Crippen molar-refractivity contribution in [3.8, 4) is 17.6 Å². The molecule has 0 saturated heterocycles. The predicted molar refractivity (Wildman–Crippen MR) is 159 cm³/mol. The van der Waals surface area contributed by atoms with E-state index in [1.807, 2.05) is 77.1 Å². The summed E-state index contributed by atoms with van der Waals surface area (Å²) in [4.78, 5) is 25.4. The summed E-state index contributed by atoms with van der Waals surface area (Å²) in [6, 6.07) is 17.0. The first kappa shape index (κ1) is 28.7. The molecule has 8 heteroatoms. The van der Waals surface area contributed by atoms with E-state index in [-0.39, 0.29) is 18.1 Å². The van der Waals surface area contributed by atoms with Crippen molar-refractivity contribution in [1.82, 2.24) is 0 Å². The van der Waals surface area contributed by atoms with Crippen LogP contribution in [-0.4, -0.2) is 25.0 Å². The zero-order valence-electron chi connectivity index (χ0n) is 22.1. The Balaban J connectivity index is 1.79. The molecule has 0 radical (unpaired) electrons. The van der Waals surface area contributed by atoms with Crippen LogP contribution in [0.5, 0.6) is 11.5 Å². The monoisotopic (exact) mass is 623 g/mol. The maximum absolute atomic E-state index is 12.8. The van der Waals surface area contributed by atoms with E-state index < -0.39 is 5.91 Å². The Morgan fingerprint density at radius 3 is 2.32 bits per heavy atom. The Labute approximate surface area is 237 Å². The average molecular weight is 623 g/mol. The number of nitrogens with one attached hydrogen (secondary N) is 2. The quantitative estimate of drug-likeness (QED) is 0.161. The largest absolute Gasteiger partial charge is 0.490 e. The van der Waals surface area contributed by atoms with E-state index in [0.717, 1.165) is 27.9 Å². The Hall–Kier alpha value is -3.84. The summed E-state index contributed by atoms with van der Waals surface area (Å²) in [6.07, 6.45) is 1.50. The van der Waals surface area contributed by atoms with Gasteiger partial charge in [-0.2, -0.15) is 5.26 Å². The van der Waals surface area contributed by atoms with E-state index in [0.29, 0.717) is 32.9 Å². The van der Waals surface area contributed by atoms with Gasteiger partial charge in [-0.3, -0.25) is 9.59 Å². The lowest BCUT2D eigenvalue weighted by molar-refractivity contribution is -0.118. The number of carbonyl (C=O) groups is 2. The van der Waals surface area contributed by atoms with Gasteiger partial charge >= 0.3 is 0 Å². The number of benzene rings is 3. The molecule has 0 fully saturated rings. The molecule has 0 unspecified atom stereocenters. The van der Waals surface area contributed by atoms with E-state index in [2.05, 4.69) is 33.2 Å². The van der Waals surface area contributed by atoms with Gasteiger partial charge in [-0.15, -0.1) is 0 Å².